The maximum Gasteiger partial charge on any atom is 0.240 e. The van der Waals surface area contributed by atoms with Gasteiger partial charge in [0, 0.05) is 6.42 Å². The molecule has 1 saturated carbocycles. The first-order chi connectivity index (χ1) is 8.90. The average Bonchev–Trinajstić information content (AvgIpc) is 3.11. The molecule has 5 heteroatoms. The van der Waals surface area contributed by atoms with Crippen molar-refractivity contribution in [2.24, 2.45) is 5.92 Å². The Bertz CT molecular complexity index is 496. The highest BCUT2D eigenvalue weighted by Crippen LogP contribution is 2.27. The number of benzene rings is 1. The van der Waals surface area contributed by atoms with Crippen molar-refractivity contribution in [2.45, 2.75) is 25.8 Å². The van der Waals surface area contributed by atoms with E-state index in [4.69, 9.17) is 4.52 Å². The monoisotopic (exact) mass is 279 g/mol. The standard InChI is InChI=1S/C14H17N3O.ClH/c1-2-4-11(5-3-1)8-13-16-14(18-17-13)10-15-9-12-6-7-12;/h1-5,12,15H,6-10H2;1H. The van der Waals surface area contributed by atoms with Crippen molar-refractivity contribution in [1.29, 1.82) is 0 Å². The highest BCUT2D eigenvalue weighted by Gasteiger charge is 2.20. The van der Waals surface area contributed by atoms with Crippen LogP contribution in [0.25, 0.3) is 0 Å². The third kappa shape index (κ3) is 4.33. The number of halogens is 1. The van der Waals surface area contributed by atoms with Crippen molar-refractivity contribution in [2.75, 3.05) is 6.54 Å². The van der Waals surface area contributed by atoms with Crippen molar-refractivity contribution >= 4 is 12.4 Å². The van der Waals surface area contributed by atoms with Crippen molar-refractivity contribution < 1.29 is 4.52 Å². The lowest BCUT2D eigenvalue weighted by Gasteiger charge is -1.97. The average molecular weight is 280 g/mol. The van der Waals surface area contributed by atoms with Crippen LogP contribution in [0.3, 0.4) is 0 Å². The summed E-state index contributed by atoms with van der Waals surface area (Å²) in [5.41, 5.74) is 1.20. The summed E-state index contributed by atoms with van der Waals surface area (Å²) in [7, 11) is 0. The fraction of sp³-hybridized carbons (Fsp3) is 0.429. The van der Waals surface area contributed by atoms with Crippen molar-refractivity contribution in [3.63, 3.8) is 0 Å². The third-order valence-corrected chi connectivity index (χ3v) is 3.12. The molecule has 3 rings (SSSR count). The second kappa shape index (κ2) is 6.68. The van der Waals surface area contributed by atoms with Crippen LogP contribution in [0.1, 0.15) is 30.1 Å². The molecule has 1 fully saturated rings. The molecule has 0 amide bonds. The van der Waals surface area contributed by atoms with Gasteiger partial charge in [-0.1, -0.05) is 35.5 Å². The van der Waals surface area contributed by atoms with Crippen LogP contribution in [0.5, 0.6) is 0 Å². The largest absolute Gasteiger partial charge is 0.338 e. The summed E-state index contributed by atoms with van der Waals surface area (Å²) < 4.78 is 5.22. The molecule has 1 aromatic carbocycles. The van der Waals surface area contributed by atoms with Crippen molar-refractivity contribution in [1.82, 2.24) is 15.5 Å². The molecule has 0 unspecified atom stereocenters. The van der Waals surface area contributed by atoms with Gasteiger partial charge in [-0.3, -0.25) is 0 Å². The lowest BCUT2D eigenvalue weighted by atomic mass is 10.1. The van der Waals surface area contributed by atoms with E-state index in [9.17, 15) is 0 Å². The molecule has 0 aliphatic heterocycles. The van der Waals surface area contributed by atoms with Gasteiger partial charge in [0.2, 0.25) is 5.89 Å². The smallest absolute Gasteiger partial charge is 0.240 e. The van der Waals surface area contributed by atoms with Gasteiger partial charge < -0.3 is 9.84 Å². The zero-order chi connectivity index (χ0) is 12.2. The van der Waals surface area contributed by atoms with E-state index < -0.39 is 0 Å². The van der Waals surface area contributed by atoms with E-state index in [2.05, 4.69) is 27.6 Å². The molecule has 1 aliphatic rings. The Morgan fingerprint density at radius 1 is 1.21 bits per heavy atom. The van der Waals surface area contributed by atoms with Gasteiger partial charge in [-0.2, -0.15) is 4.98 Å². The second-order valence-electron chi connectivity index (χ2n) is 4.84. The molecule has 0 spiro atoms. The van der Waals surface area contributed by atoms with Crippen molar-refractivity contribution in [3.05, 3.63) is 47.6 Å². The molecule has 1 heterocycles. The van der Waals surface area contributed by atoms with E-state index in [0.717, 1.165) is 24.7 Å². The molecule has 0 bridgehead atoms. The lowest BCUT2D eigenvalue weighted by molar-refractivity contribution is 0.362. The van der Waals surface area contributed by atoms with Gasteiger partial charge in [0.1, 0.15) is 0 Å². The van der Waals surface area contributed by atoms with E-state index in [0.29, 0.717) is 12.4 Å². The summed E-state index contributed by atoms with van der Waals surface area (Å²) in [5.74, 6) is 2.31. The maximum atomic E-state index is 5.22. The van der Waals surface area contributed by atoms with Crippen LogP contribution in [0.15, 0.2) is 34.9 Å². The number of aromatic nitrogens is 2. The van der Waals surface area contributed by atoms with Gasteiger partial charge in [-0.15, -0.1) is 12.4 Å². The Kier molecular flexibility index (Phi) is 4.93. The topological polar surface area (TPSA) is 51.0 Å². The number of hydrogen-bond acceptors (Lipinski definition) is 4. The van der Waals surface area contributed by atoms with Crippen molar-refractivity contribution in [3.8, 4) is 0 Å². The third-order valence-electron chi connectivity index (χ3n) is 3.12. The quantitative estimate of drug-likeness (QED) is 0.883. The van der Waals surface area contributed by atoms with Gasteiger partial charge in [-0.25, -0.2) is 0 Å². The van der Waals surface area contributed by atoms with Crippen LogP contribution in [0, 0.1) is 5.92 Å². The van der Waals surface area contributed by atoms with E-state index in [1.165, 1.54) is 18.4 Å². The van der Waals surface area contributed by atoms with Gasteiger partial charge >= 0.3 is 0 Å². The summed E-state index contributed by atoms with van der Waals surface area (Å²) in [6.07, 6.45) is 3.44. The molecule has 0 radical (unpaired) electrons. The minimum atomic E-state index is 0. The number of hydrogen-bond donors (Lipinski definition) is 1. The lowest BCUT2D eigenvalue weighted by Crippen LogP contribution is -2.16. The van der Waals surface area contributed by atoms with Crippen LogP contribution in [0.2, 0.25) is 0 Å². The van der Waals surface area contributed by atoms with Gasteiger partial charge in [-0.05, 0) is 30.9 Å². The Balaban J connectivity index is 0.00000133. The van der Waals surface area contributed by atoms with Crippen LogP contribution < -0.4 is 5.32 Å². The first kappa shape index (κ1) is 14.0. The summed E-state index contributed by atoms with van der Waals surface area (Å²) in [4.78, 5) is 4.38. The zero-order valence-corrected chi connectivity index (χ0v) is 11.5. The Hall–Kier alpha value is -1.39. The molecule has 19 heavy (non-hydrogen) atoms. The first-order valence-corrected chi connectivity index (χ1v) is 6.46. The highest BCUT2D eigenvalue weighted by molar-refractivity contribution is 5.85. The van der Waals surface area contributed by atoms with Gasteiger partial charge in [0.25, 0.3) is 0 Å². The van der Waals surface area contributed by atoms with Crippen LogP contribution in [-0.4, -0.2) is 16.7 Å². The molecule has 0 saturated heterocycles. The minimum Gasteiger partial charge on any atom is -0.338 e. The van der Waals surface area contributed by atoms with Gasteiger partial charge in [0.05, 0.1) is 6.54 Å². The molecular formula is C14H18ClN3O. The highest BCUT2D eigenvalue weighted by atomic mass is 35.5. The summed E-state index contributed by atoms with van der Waals surface area (Å²) >= 11 is 0. The summed E-state index contributed by atoms with van der Waals surface area (Å²) in [6.45, 7) is 1.74. The number of nitrogens with zero attached hydrogens (tertiary/aromatic N) is 2. The normalized spacial score (nSPS) is 14.1. The Labute approximate surface area is 119 Å². The van der Waals surface area contributed by atoms with Crippen LogP contribution in [-0.2, 0) is 13.0 Å². The van der Waals surface area contributed by atoms with Gasteiger partial charge in [0.15, 0.2) is 5.82 Å². The SMILES string of the molecule is Cl.c1ccc(Cc2noc(CNCC3CC3)n2)cc1. The fourth-order valence-corrected chi connectivity index (χ4v) is 1.92. The molecule has 0 atom stereocenters. The predicted octanol–water partition coefficient (Wildman–Crippen LogP) is 2.58. The maximum absolute atomic E-state index is 5.22. The molecule has 4 nitrogen and oxygen atoms in total. The molecular weight excluding hydrogens is 262 g/mol. The minimum absolute atomic E-state index is 0. The molecule has 1 aromatic heterocycles. The molecule has 2 aromatic rings. The first-order valence-electron chi connectivity index (χ1n) is 6.46. The van der Waals surface area contributed by atoms with Crippen LogP contribution in [0.4, 0.5) is 0 Å². The predicted molar refractivity (Wildman–Crippen MR) is 75.2 cm³/mol. The van der Waals surface area contributed by atoms with E-state index >= 15 is 0 Å². The van der Waals surface area contributed by atoms with E-state index in [-0.39, 0.29) is 12.4 Å². The number of nitrogens with one attached hydrogen (secondary N) is 1. The molecule has 1 N–H and O–H groups in total. The van der Waals surface area contributed by atoms with E-state index in [1.54, 1.807) is 0 Å². The summed E-state index contributed by atoms with van der Waals surface area (Å²) in [5, 5.41) is 7.34. The Morgan fingerprint density at radius 3 is 2.74 bits per heavy atom. The molecule has 1 aliphatic carbocycles. The zero-order valence-electron chi connectivity index (χ0n) is 10.7. The van der Waals surface area contributed by atoms with Crippen LogP contribution >= 0.6 is 12.4 Å². The number of rotatable bonds is 6. The summed E-state index contributed by atoms with van der Waals surface area (Å²) in [6, 6.07) is 10.2. The fourth-order valence-electron chi connectivity index (χ4n) is 1.92. The van der Waals surface area contributed by atoms with E-state index in [1.807, 2.05) is 18.2 Å². The second-order valence-corrected chi connectivity index (χ2v) is 4.84. The molecule has 102 valence electrons. The Morgan fingerprint density at radius 2 is 2.00 bits per heavy atom.